The van der Waals surface area contributed by atoms with Crippen LogP contribution in [0.2, 0.25) is 0 Å². The predicted octanol–water partition coefficient (Wildman–Crippen LogP) is 5.77. The average Bonchev–Trinajstić information content (AvgIpc) is 2.85. The first-order chi connectivity index (χ1) is 15.2. The Morgan fingerprint density at radius 2 is 1.19 bits per heavy atom. The van der Waals surface area contributed by atoms with Crippen LogP contribution in [0.4, 0.5) is 0 Å². The largest absolute Gasteiger partial charge is 0.497 e. The lowest BCUT2D eigenvalue weighted by atomic mass is 9.80. The quantitative estimate of drug-likeness (QED) is 0.213. The third-order valence-corrected chi connectivity index (χ3v) is 5.46. The van der Waals surface area contributed by atoms with Crippen molar-refractivity contribution in [2.75, 3.05) is 20.8 Å². The standard InChI is InChI=1S/C27H30O4/c1-29-25-16-12-23(13-17-25)27(22-10-6-5-7-11-22,31-21-9-4-3-8-20-28)24-14-18-26(30-2)19-15-24/h5-7,10-20H,3-4,8-9,21H2,1-2H3. The van der Waals surface area contributed by atoms with Gasteiger partial charge < -0.3 is 19.0 Å². The van der Waals surface area contributed by atoms with E-state index in [0.29, 0.717) is 13.0 Å². The van der Waals surface area contributed by atoms with Gasteiger partial charge in [0.1, 0.15) is 23.4 Å². The van der Waals surface area contributed by atoms with E-state index in [4.69, 9.17) is 14.2 Å². The number of aldehydes is 1. The summed E-state index contributed by atoms with van der Waals surface area (Å²) in [5.41, 5.74) is 2.33. The first-order valence-electron chi connectivity index (χ1n) is 10.7. The second kappa shape index (κ2) is 11.3. The number of unbranched alkanes of at least 4 members (excludes halogenated alkanes) is 3. The van der Waals surface area contributed by atoms with Gasteiger partial charge >= 0.3 is 0 Å². The van der Waals surface area contributed by atoms with Crippen LogP contribution in [0.1, 0.15) is 42.4 Å². The number of benzene rings is 3. The van der Waals surface area contributed by atoms with Crippen LogP contribution >= 0.6 is 0 Å². The molecule has 0 radical (unpaired) electrons. The summed E-state index contributed by atoms with van der Waals surface area (Å²) in [4.78, 5) is 10.6. The molecule has 0 amide bonds. The molecule has 0 spiro atoms. The molecule has 162 valence electrons. The predicted molar refractivity (Wildman–Crippen MR) is 123 cm³/mol. The van der Waals surface area contributed by atoms with Crippen molar-refractivity contribution in [1.82, 2.24) is 0 Å². The summed E-state index contributed by atoms with van der Waals surface area (Å²) in [7, 11) is 3.33. The van der Waals surface area contributed by atoms with Crippen LogP contribution in [-0.4, -0.2) is 27.1 Å². The highest BCUT2D eigenvalue weighted by Gasteiger charge is 2.37. The zero-order valence-electron chi connectivity index (χ0n) is 18.3. The van der Waals surface area contributed by atoms with Gasteiger partial charge in [-0.15, -0.1) is 0 Å². The zero-order valence-corrected chi connectivity index (χ0v) is 18.3. The summed E-state index contributed by atoms with van der Waals surface area (Å²) in [5.74, 6) is 1.60. The van der Waals surface area contributed by atoms with E-state index in [1.807, 2.05) is 42.5 Å². The minimum atomic E-state index is -0.773. The molecule has 0 unspecified atom stereocenters. The maximum Gasteiger partial charge on any atom is 0.143 e. The fraction of sp³-hybridized carbons (Fsp3) is 0.296. The number of hydrogen-bond donors (Lipinski definition) is 0. The first kappa shape index (κ1) is 22.6. The second-order valence-corrected chi connectivity index (χ2v) is 7.37. The lowest BCUT2D eigenvalue weighted by molar-refractivity contribution is -0.108. The Hall–Kier alpha value is -3.11. The van der Waals surface area contributed by atoms with E-state index < -0.39 is 5.60 Å². The molecule has 3 rings (SSSR count). The maximum absolute atomic E-state index is 10.6. The summed E-state index contributed by atoms with van der Waals surface area (Å²) in [6, 6.07) is 26.4. The summed E-state index contributed by atoms with van der Waals surface area (Å²) in [6.07, 6.45) is 4.30. The molecule has 0 N–H and O–H groups in total. The molecule has 3 aromatic carbocycles. The van der Waals surface area contributed by atoms with Crippen molar-refractivity contribution in [3.05, 3.63) is 95.6 Å². The van der Waals surface area contributed by atoms with E-state index in [-0.39, 0.29) is 0 Å². The van der Waals surface area contributed by atoms with Crippen molar-refractivity contribution in [2.24, 2.45) is 0 Å². The summed E-state index contributed by atoms with van der Waals surface area (Å²) >= 11 is 0. The van der Waals surface area contributed by atoms with Crippen LogP contribution < -0.4 is 9.47 Å². The van der Waals surface area contributed by atoms with E-state index in [2.05, 4.69) is 36.4 Å². The molecule has 4 heteroatoms. The fourth-order valence-electron chi connectivity index (χ4n) is 3.81. The minimum absolute atomic E-state index is 0.575. The highest BCUT2D eigenvalue weighted by atomic mass is 16.5. The van der Waals surface area contributed by atoms with E-state index >= 15 is 0 Å². The average molecular weight is 419 g/mol. The number of carbonyl (C=O) groups is 1. The molecule has 4 nitrogen and oxygen atoms in total. The van der Waals surface area contributed by atoms with Crippen LogP contribution in [0.3, 0.4) is 0 Å². The molecule has 0 aliphatic heterocycles. The lowest BCUT2D eigenvalue weighted by Gasteiger charge is -2.36. The van der Waals surface area contributed by atoms with E-state index in [1.165, 1.54) is 0 Å². The van der Waals surface area contributed by atoms with Crippen LogP contribution in [0, 0.1) is 0 Å². The molecule has 0 aliphatic carbocycles. The van der Waals surface area contributed by atoms with Gasteiger partial charge in [0, 0.05) is 13.0 Å². The van der Waals surface area contributed by atoms with E-state index in [1.54, 1.807) is 14.2 Å². The first-order valence-corrected chi connectivity index (χ1v) is 10.7. The van der Waals surface area contributed by atoms with Crippen molar-refractivity contribution in [3.8, 4) is 11.5 Å². The van der Waals surface area contributed by atoms with Crippen molar-refractivity contribution >= 4 is 6.29 Å². The summed E-state index contributed by atoms with van der Waals surface area (Å²) < 4.78 is 17.5. The summed E-state index contributed by atoms with van der Waals surface area (Å²) in [5, 5.41) is 0. The molecule has 0 saturated heterocycles. The molecule has 0 atom stereocenters. The highest BCUT2D eigenvalue weighted by Crippen LogP contribution is 2.41. The Labute approximate surface area is 184 Å². The SMILES string of the molecule is COc1ccc(C(OCCCCCC=O)(c2ccccc2)c2ccc(OC)cc2)cc1. The van der Waals surface area contributed by atoms with Gasteiger partial charge in [0.05, 0.1) is 14.2 Å². The molecule has 0 bridgehead atoms. The molecular formula is C27H30O4. The number of rotatable bonds is 12. The number of ether oxygens (including phenoxy) is 3. The molecule has 0 heterocycles. The van der Waals surface area contributed by atoms with Crippen LogP contribution in [-0.2, 0) is 15.1 Å². The Morgan fingerprint density at radius 1 is 0.677 bits per heavy atom. The van der Waals surface area contributed by atoms with Crippen molar-refractivity contribution in [2.45, 2.75) is 31.3 Å². The van der Waals surface area contributed by atoms with Crippen molar-refractivity contribution in [1.29, 1.82) is 0 Å². The third-order valence-electron chi connectivity index (χ3n) is 5.46. The smallest absolute Gasteiger partial charge is 0.143 e. The van der Waals surface area contributed by atoms with Gasteiger partial charge in [0.25, 0.3) is 0 Å². The van der Waals surface area contributed by atoms with Gasteiger partial charge in [-0.25, -0.2) is 0 Å². The molecule has 0 saturated carbocycles. The number of carbonyl (C=O) groups excluding carboxylic acids is 1. The van der Waals surface area contributed by atoms with E-state index in [0.717, 1.165) is 53.7 Å². The van der Waals surface area contributed by atoms with Gasteiger partial charge in [-0.3, -0.25) is 0 Å². The minimum Gasteiger partial charge on any atom is -0.497 e. The van der Waals surface area contributed by atoms with Crippen molar-refractivity contribution < 1.29 is 19.0 Å². The zero-order chi connectivity index (χ0) is 21.9. The van der Waals surface area contributed by atoms with Crippen LogP contribution in [0.15, 0.2) is 78.9 Å². The van der Waals surface area contributed by atoms with Gasteiger partial charge in [-0.1, -0.05) is 61.0 Å². The van der Waals surface area contributed by atoms with Gasteiger partial charge in [-0.2, -0.15) is 0 Å². The molecule has 31 heavy (non-hydrogen) atoms. The molecule has 3 aromatic rings. The van der Waals surface area contributed by atoms with Crippen LogP contribution in [0.5, 0.6) is 11.5 Å². The summed E-state index contributed by atoms with van der Waals surface area (Å²) in [6.45, 7) is 0.575. The third kappa shape index (κ3) is 5.33. The van der Waals surface area contributed by atoms with Crippen LogP contribution in [0.25, 0.3) is 0 Å². The lowest BCUT2D eigenvalue weighted by Crippen LogP contribution is -2.33. The van der Waals surface area contributed by atoms with Gasteiger partial charge in [-0.05, 0) is 53.8 Å². The Balaban J connectivity index is 2.06. The number of hydrogen-bond acceptors (Lipinski definition) is 4. The topological polar surface area (TPSA) is 44.8 Å². The Kier molecular flexibility index (Phi) is 8.25. The highest BCUT2D eigenvalue weighted by molar-refractivity contribution is 5.50. The second-order valence-electron chi connectivity index (χ2n) is 7.37. The molecule has 0 aromatic heterocycles. The molecule has 0 aliphatic rings. The van der Waals surface area contributed by atoms with Gasteiger partial charge in [0.2, 0.25) is 0 Å². The van der Waals surface area contributed by atoms with Gasteiger partial charge in [0.15, 0.2) is 0 Å². The Morgan fingerprint density at radius 3 is 1.68 bits per heavy atom. The number of methoxy groups -OCH3 is 2. The molecular weight excluding hydrogens is 388 g/mol. The van der Waals surface area contributed by atoms with E-state index in [9.17, 15) is 4.79 Å². The maximum atomic E-state index is 10.6. The molecule has 0 fully saturated rings. The fourth-order valence-corrected chi connectivity index (χ4v) is 3.81. The van der Waals surface area contributed by atoms with Crippen molar-refractivity contribution in [3.63, 3.8) is 0 Å². The monoisotopic (exact) mass is 418 g/mol. The Bertz CT molecular complexity index is 870. The normalized spacial score (nSPS) is 11.2.